The Bertz CT molecular complexity index is 844. The molecule has 0 fully saturated rings. The number of amides is 1. The lowest BCUT2D eigenvalue weighted by Crippen LogP contribution is -2.23. The fourth-order valence-corrected chi connectivity index (χ4v) is 2.72. The number of aromatic hydroxyl groups is 1. The minimum Gasteiger partial charge on any atom is -0.502 e. The lowest BCUT2D eigenvalue weighted by Gasteiger charge is -2.14. The number of fused-ring (bicyclic) bond motifs is 1. The SMILES string of the molecule is O=C1c2cc(C(F)(F)I)ccc2CN1Cc1cc(=O)c(O)co1. The van der Waals surface area contributed by atoms with E-state index < -0.39 is 21.0 Å². The standard InChI is InChI=1S/C15H10F2INO4/c16-15(17,18)9-2-1-8-5-19(14(22)11(8)3-9)6-10-4-12(20)13(21)7-23-10/h1-4,7,21H,5-6H2. The zero-order chi connectivity index (χ0) is 16.8. The molecule has 0 aliphatic carbocycles. The van der Waals surface area contributed by atoms with E-state index in [9.17, 15) is 18.4 Å². The summed E-state index contributed by atoms with van der Waals surface area (Å²) in [6, 6.07) is 5.08. The summed E-state index contributed by atoms with van der Waals surface area (Å²) in [5, 5.41) is 9.15. The van der Waals surface area contributed by atoms with E-state index in [-0.39, 0.29) is 30.0 Å². The van der Waals surface area contributed by atoms with Gasteiger partial charge in [-0.3, -0.25) is 9.59 Å². The van der Waals surface area contributed by atoms with Crippen molar-refractivity contribution >= 4 is 28.5 Å². The van der Waals surface area contributed by atoms with Gasteiger partial charge in [-0.25, -0.2) is 0 Å². The summed E-state index contributed by atoms with van der Waals surface area (Å²) in [5.41, 5.74) is 0.0194. The third-order valence-corrected chi connectivity index (χ3v) is 4.15. The van der Waals surface area contributed by atoms with Crippen molar-refractivity contribution in [1.29, 1.82) is 0 Å². The molecule has 3 rings (SSSR count). The second-order valence-electron chi connectivity index (χ2n) is 5.13. The largest absolute Gasteiger partial charge is 0.502 e. The molecule has 1 N–H and O–H groups in total. The van der Waals surface area contributed by atoms with Gasteiger partial charge in [-0.05, 0) is 11.6 Å². The molecule has 0 unspecified atom stereocenters. The molecule has 8 heteroatoms. The first kappa shape index (κ1) is 15.9. The Balaban J connectivity index is 1.86. The van der Waals surface area contributed by atoms with E-state index in [1.807, 2.05) is 0 Å². The van der Waals surface area contributed by atoms with Crippen molar-refractivity contribution in [3.05, 3.63) is 63.2 Å². The Kier molecular flexibility index (Phi) is 3.86. The van der Waals surface area contributed by atoms with Crippen LogP contribution in [0.3, 0.4) is 0 Å². The molecule has 2 heterocycles. The zero-order valence-electron chi connectivity index (χ0n) is 11.6. The Labute approximate surface area is 142 Å². The molecule has 1 aliphatic heterocycles. The van der Waals surface area contributed by atoms with Crippen molar-refractivity contribution in [2.24, 2.45) is 0 Å². The monoisotopic (exact) mass is 433 g/mol. The zero-order valence-corrected chi connectivity index (χ0v) is 13.7. The first-order chi connectivity index (χ1) is 10.8. The molecule has 1 aromatic carbocycles. The molecule has 1 aliphatic rings. The Hall–Kier alpha value is -1.97. The number of hydrogen-bond acceptors (Lipinski definition) is 4. The maximum atomic E-state index is 13.4. The van der Waals surface area contributed by atoms with Gasteiger partial charge in [-0.1, -0.05) is 12.1 Å². The van der Waals surface area contributed by atoms with Gasteiger partial charge in [-0.2, -0.15) is 8.78 Å². The number of alkyl halides is 3. The van der Waals surface area contributed by atoms with Gasteiger partial charge in [-0.15, -0.1) is 0 Å². The molecule has 1 amide bonds. The maximum Gasteiger partial charge on any atom is 0.321 e. The molecule has 23 heavy (non-hydrogen) atoms. The second kappa shape index (κ2) is 5.59. The highest BCUT2D eigenvalue weighted by Crippen LogP contribution is 2.37. The van der Waals surface area contributed by atoms with E-state index >= 15 is 0 Å². The van der Waals surface area contributed by atoms with Gasteiger partial charge < -0.3 is 14.4 Å². The van der Waals surface area contributed by atoms with Crippen LogP contribution in [-0.2, 0) is 17.0 Å². The quantitative estimate of drug-likeness (QED) is 0.597. The van der Waals surface area contributed by atoms with Crippen LogP contribution < -0.4 is 5.43 Å². The summed E-state index contributed by atoms with van der Waals surface area (Å²) < 4.78 is 28.7. The molecular formula is C15H10F2INO4. The molecule has 0 saturated carbocycles. The summed E-state index contributed by atoms with van der Waals surface area (Å²) in [6.45, 7) is 0.255. The summed E-state index contributed by atoms with van der Waals surface area (Å²) >= 11 is 1.01. The van der Waals surface area contributed by atoms with Crippen molar-refractivity contribution in [3.8, 4) is 5.75 Å². The van der Waals surface area contributed by atoms with Gasteiger partial charge in [0.25, 0.3) is 5.91 Å². The maximum absolute atomic E-state index is 13.4. The van der Waals surface area contributed by atoms with Crippen LogP contribution in [0.1, 0.15) is 27.2 Å². The minimum absolute atomic E-state index is 0.0129. The van der Waals surface area contributed by atoms with Gasteiger partial charge in [0.15, 0.2) is 5.75 Å². The number of carbonyl (C=O) groups is 1. The number of carbonyl (C=O) groups excluding carboxylic acids is 1. The highest BCUT2D eigenvalue weighted by atomic mass is 127. The number of hydrogen-bond donors (Lipinski definition) is 1. The van der Waals surface area contributed by atoms with Crippen LogP contribution in [0.5, 0.6) is 5.75 Å². The molecule has 0 saturated heterocycles. The number of halogens is 3. The number of rotatable bonds is 3. The molecule has 1 aromatic heterocycles. The van der Waals surface area contributed by atoms with Gasteiger partial charge in [0.1, 0.15) is 12.0 Å². The molecule has 2 aromatic rings. The minimum atomic E-state index is -3.05. The van der Waals surface area contributed by atoms with Crippen LogP contribution in [0.15, 0.2) is 39.7 Å². The third-order valence-electron chi connectivity index (χ3n) is 3.53. The van der Waals surface area contributed by atoms with Crippen LogP contribution in [-0.4, -0.2) is 15.9 Å². The Morgan fingerprint density at radius 2 is 2.04 bits per heavy atom. The molecule has 120 valence electrons. The van der Waals surface area contributed by atoms with Crippen LogP contribution in [0.2, 0.25) is 0 Å². The summed E-state index contributed by atoms with van der Waals surface area (Å²) in [6.07, 6.45) is 0.903. The molecule has 5 nitrogen and oxygen atoms in total. The fourth-order valence-electron chi connectivity index (χ4n) is 2.38. The normalized spacial score (nSPS) is 14.2. The topological polar surface area (TPSA) is 70.8 Å². The van der Waals surface area contributed by atoms with E-state index in [1.54, 1.807) is 0 Å². The lowest BCUT2D eigenvalue weighted by atomic mass is 10.1. The van der Waals surface area contributed by atoms with Crippen molar-refractivity contribution < 1.29 is 23.1 Å². The van der Waals surface area contributed by atoms with Crippen LogP contribution in [0.4, 0.5) is 8.78 Å². The predicted octanol–water partition coefficient (Wildman–Crippen LogP) is 2.99. The third kappa shape index (κ3) is 3.07. The fraction of sp³-hybridized carbons (Fsp3) is 0.200. The smallest absolute Gasteiger partial charge is 0.321 e. The Morgan fingerprint density at radius 3 is 2.70 bits per heavy atom. The van der Waals surface area contributed by atoms with Crippen LogP contribution in [0.25, 0.3) is 0 Å². The van der Waals surface area contributed by atoms with Crippen molar-refractivity contribution in [2.75, 3.05) is 0 Å². The molecule has 0 bridgehead atoms. The number of nitrogens with zero attached hydrogens (tertiary/aromatic N) is 1. The van der Waals surface area contributed by atoms with Gasteiger partial charge in [0.2, 0.25) is 5.43 Å². The lowest BCUT2D eigenvalue weighted by molar-refractivity contribution is 0.0754. The van der Waals surface area contributed by atoms with Crippen molar-refractivity contribution in [1.82, 2.24) is 4.90 Å². The summed E-state index contributed by atoms with van der Waals surface area (Å²) in [5.74, 6) is -0.717. The first-order valence-electron chi connectivity index (χ1n) is 6.56. The number of benzene rings is 1. The molecular weight excluding hydrogens is 423 g/mol. The van der Waals surface area contributed by atoms with Crippen LogP contribution >= 0.6 is 22.6 Å². The second-order valence-corrected chi connectivity index (χ2v) is 6.48. The van der Waals surface area contributed by atoms with Gasteiger partial charge >= 0.3 is 3.93 Å². The average Bonchev–Trinajstić information content (AvgIpc) is 2.78. The van der Waals surface area contributed by atoms with E-state index in [1.165, 1.54) is 23.1 Å². The highest BCUT2D eigenvalue weighted by Gasteiger charge is 2.33. The van der Waals surface area contributed by atoms with Crippen molar-refractivity contribution in [2.45, 2.75) is 17.0 Å². The highest BCUT2D eigenvalue weighted by molar-refractivity contribution is 14.1. The van der Waals surface area contributed by atoms with Gasteiger partial charge in [0, 0.05) is 46.3 Å². The van der Waals surface area contributed by atoms with Crippen molar-refractivity contribution in [3.63, 3.8) is 0 Å². The predicted molar refractivity (Wildman–Crippen MR) is 84.6 cm³/mol. The first-order valence-corrected chi connectivity index (χ1v) is 7.63. The average molecular weight is 433 g/mol. The van der Waals surface area contributed by atoms with E-state index in [4.69, 9.17) is 9.52 Å². The van der Waals surface area contributed by atoms with E-state index in [0.717, 1.165) is 34.9 Å². The summed E-state index contributed by atoms with van der Waals surface area (Å²) in [7, 11) is 0. The Morgan fingerprint density at radius 1 is 1.30 bits per heavy atom. The van der Waals surface area contributed by atoms with E-state index in [0.29, 0.717) is 5.56 Å². The van der Waals surface area contributed by atoms with E-state index in [2.05, 4.69) is 0 Å². The van der Waals surface area contributed by atoms with Gasteiger partial charge in [0.05, 0.1) is 6.54 Å². The summed E-state index contributed by atoms with van der Waals surface area (Å²) in [4.78, 5) is 25.1. The molecule has 0 spiro atoms. The molecule has 0 atom stereocenters. The van der Waals surface area contributed by atoms with Crippen LogP contribution in [0, 0.1) is 0 Å². The molecule has 0 radical (unpaired) electrons.